The Labute approximate surface area is 171 Å². The fraction of sp³-hybridized carbons (Fsp3) is 0.167. The highest BCUT2D eigenvalue weighted by Crippen LogP contribution is 2.14. The SMILES string of the molecule is CCOc1ccc(/C=N/NC(=O)c2ccc(COc3ccc(C)cc3)cc2)cc1. The molecule has 0 aromatic heterocycles. The van der Waals surface area contributed by atoms with Crippen molar-refractivity contribution >= 4 is 12.1 Å². The third kappa shape index (κ3) is 6.21. The van der Waals surface area contributed by atoms with E-state index in [9.17, 15) is 4.79 Å². The number of aryl methyl sites for hydroxylation is 1. The minimum absolute atomic E-state index is 0.266. The van der Waals surface area contributed by atoms with Gasteiger partial charge in [0.25, 0.3) is 5.91 Å². The van der Waals surface area contributed by atoms with E-state index in [0.29, 0.717) is 18.8 Å². The Morgan fingerprint density at radius 3 is 2.17 bits per heavy atom. The van der Waals surface area contributed by atoms with Crippen molar-refractivity contribution in [3.63, 3.8) is 0 Å². The summed E-state index contributed by atoms with van der Waals surface area (Å²) >= 11 is 0. The van der Waals surface area contributed by atoms with Gasteiger partial charge >= 0.3 is 0 Å². The van der Waals surface area contributed by atoms with Crippen LogP contribution < -0.4 is 14.9 Å². The normalized spacial score (nSPS) is 10.7. The quantitative estimate of drug-likeness (QED) is 0.448. The van der Waals surface area contributed by atoms with Gasteiger partial charge in [0.05, 0.1) is 12.8 Å². The predicted molar refractivity (Wildman–Crippen MR) is 115 cm³/mol. The number of amides is 1. The first-order valence-corrected chi connectivity index (χ1v) is 9.48. The minimum Gasteiger partial charge on any atom is -0.494 e. The van der Waals surface area contributed by atoms with E-state index in [-0.39, 0.29) is 5.91 Å². The summed E-state index contributed by atoms with van der Waals surface area (Å²) < 4.78 is 11.1. The molecule has 0 unspecified atom stereocenters. The van der Waals surface area contributed by atoms with Gasteiger partial charge in [0, 0.05) is 5.56 Å². The first-order chi connectivity index (χ1) is 14.1. The number of hydrogen-bond acceptors (Lipinski definition) is 4. The fourth-order valence-corrected chi connectivity index (χ4v) is 2.60. The van der Waals surface area contributed by atoms with Crippen LogP contribution in [0.15, 0.2) is 77.9 Å². The van der Waals surface area contributed by atoms with Gasteiger partial charge in [-0.25, -0.2) is 5.43 Å². The van der Waals surface area contributed by atoms with Crippen molar-refractivity contribution in [1.82, 2.24) is 5.43 Å². The van der Waals surface area contributed by atoms with Gasteiger partial charge in [-0.15, -0.1) is 0 Å². The van der Waals surface area contributed by atoms with Crippen LogP contribution in [0.1, 0.15) is 34.0 Å². The molecule has 0 atom stereocenters. The van der Waals surface area contributed by atoms with Crippen molar-refractivity contribution in [2.24, 2.45) is 5.10 Å². The van der Waals surface area contributed by atoms with Gasteiger partial charge in [-0.1, -0.05) is 29.8 Å². The second kappa shape index (κ2) is 10.1. The van der Waals surface area contributed by atoms with Gasteiger partial charge in [0.2, 0.25) is 0 Å². The Morgan fingerprint density at radius 2 is 1.52 bits per heavy atom. The van der Waals surface area contributed by atoms with Crippen molar-refractivity contribution in [1.29, 1.82) is 0 Å². The van der Waals surface area contributed by atoms with Crippen LogP contribution >= 0.6 is 0 Å². The molecule has 148 valence electrons. The molecule has 3 rings (SSSR count). The maximum absolute atomic E-state index is 12.2. The Hall–Kier alpha value is -3.60. The molecule has 5 heteroatoms. The summed E-state index contributed by atoms with van der Waals surface area (Å²) in [6.07, 6.45) is 1.59. The molecule has 3 aromatic rings. The summed E-state index contributed by atoms with van der Waals surface area (Å²) in [4.78, 5) is 12.2. The molecular weight excluding hydrogens is 364 g/mol. The second-order valence-corrected chi connectivity index (χ2v) is 6.50. The van der Waals surface area contributed by atoms with Crippen LogP contribution in [0.25, 0.3) is 0 Å². The molecule has 0 radical (unpaired) electrons. The van der Waals surface area contributed by atoms with Crippen LogP contribution in [0.5, 0.6) is 11.5 Å². The lowest BCUT2D eigenvalue weighted by Gasteiger charge is -2.07. The van der Waals surface area contributed by atoms with E-state index < -0.39 is 0 Å². The van der Waals surface area contributed by atoms with Crippen molar-refractivity contribution in [3.8, 4) is 11.5 Å². The molecule has 5 nitrogen and oxygen atoms in total. The largest absolute Gasteiger partial charge is 0.494 e. The van der Waals surface area contributed by atoms with E-state index in [4.69, 9.17) is 9.47 Å². The van der Waals surface area contributed by atoms with Crippen LogP contribution in [0.3, 0.4) is 0 Å². The number of ether oxygens (including phenoxy) is 2. The second-order valence-electron chi connectivity index (χ2n) is 6.50. The van der Waals surface area contributed by atoms with E-state index in [1.165, 1.54) is 5.56 Å². The van der Waals surface area contributed by atoms with Gasteiger partial charge in [-0.05, 0) is 73.5 Å². The van der Waals surface area contributed by atoms with Crippen molar-refractivity contribution in [2.45, 2.75) is 20.5 Å². The molecule has 0 saturated carbocycles. The Morgan fingerprint density at radius 1 is 0.897 bits per heavy atom. The lowest BCUT2D eigenvalue weighted by molar-refractivity contribution is 0.0955. The highest BCUT2D eigenvalue weighted by Gasteiger charge is 2.04. The number of nitrogens with zero attached hydrogens (tertiary/aromatic N) is 1. The van der Waals surface area contributed by atoms with E-state index in [1.54, 1.807) is 18.3 Å². The standard InChI is InChI=1S/C24H24N2O3/c1-3-28-22-14-8-19(9-15-22)16-25-26-24(27)21-10-6-20(7-11-21)17-29-23-12-4-18(2)5-13-23/h4-16H,3,17H2,1-2H3,(H,26,27)/b25-16+. The summed E-state index contributed by atoms with van der Waals surface area (Å²) in [6, 6.07) is 22.7. The average Bonchev–Trinajstić information content (AvgIpc) is 2.75. The van der Waals surface area contributed by atoms with Gasteiger partial charge in [-0.3, -0.25) is 4.79 Å². The maximum Gasteiger partial charge on any atom is 0.271 e. The fourth-order valence-electron chi connectivity index (χ4n) is 2.60. The number of carbonyl (C=O) groups excluding carboxylic acids is 1. The lowest BCUT2D eigenvalue weighted by atomic mass is 10.1. The van der Waals surface area contributed by atoms with Crippen LogP contribution in [0.4, 0.5) is 0 Å². The topological polar surface area (TPSA) is 59.9 Å². The molecule has 0 aliphatic rings. The zero-order valence-electron chi connectivity index (χ0n) is 16.6. The molecule has 0 spiro atoms. The minimum atomic E-state index is -0.266. The van der Waals surface area contributed by atoms with E-state index in [0.717, 1.165) is 22.6 Å². The number of hydrogen-bond donors (Lipinski definition) is 1. The molecule has 3 aromatic carbocycles. The number of rotatable bonds is 8. The zero-order valence-corrected chi connectivity index (χ0v) is 16.6. The van der Waals surface area contributed by atoms with Crippen molar-refractivity contribution in [2.75, 3.05) is 6.61 Å². The first kappa shape index (κ1) is 20.1. The first-order valence-electron chi connectivity index (χ1n) is 9.48. The van der Waals surface area contributed by atoms with E-state index in [2.05, 4.69) is 10.5 Å². The highest BCUT2D eigenvalue weighted by atomic mass is 16.5. The Balaban J connectivity index is 1.49. The van der Waals surface area contributed by atoms with Crippen LogP contribution in [0.2, 0.25) is 0 Å². The molecule has 0 fully saturated rings. The monoisotopic (exact) mass is 388 g/mol. The third-order valence-electron chi connectivity index (χ3n) is 4.21. The molecular formula is C24H24N2O3. The number of hydrazone groups is 1. The average molecular weight is 388 g/mol. The predicted octanol–water partition coefficient (Wildman–Crippen LogP) is 4.74. The molecule has 0 bridgehead atoms. The van der Waals surface area contributed by atoms with Gasteiger partial charge in [0.15, 0.2) is 0 Å². The van der Waals surface area contributed by atoms with Crippen LogP contribution in [-0.2, 0) is 6.61 Å². The summed E-state index contributed by atoms with van der Waals surface area (Å²) in [5.41, 5.74) is 6.12. The summed E-state index contributed by atoms with van der Waals surface area (Å²) in [7, 11) is 0. The number of carbonyl (C=O) groups is 1. The summed E-state index contributed by atoms with van der Waals surface area (Å²) in [5.74, 6) is 1.36. The van der Waals surface area contributed by atoms with Crippen LogP contribution in [-0.4, -0.2) is 18.7 Å². The number of nitrogens with one attached hydrogen (secondary N) is 1. The van der Waals surface area contributed by atoms with E-state index in [1.807, 2.05) is 74.5 Å². The molecule has 0 aliphatic carbocycles. The smallest absolute Gasteiger partial charge is 0.271 e. The molecule has 0 heterocycles. The zero-order chi connectivity index (χ0) is 20.5. The van der Waals surface area contributed by atoms with Crippen molar-refractivity contribution < 1.29 is 14.3 Å². The summed E-state index contributed by atoms with van der Waals surface area (Å²) in [5, 5.41) is 4.01. The number of benzene rings is 3. The molecule has 1 N–H and O–H groups in total. The molecule has 0 aliphatic heterocycles. The van der Waals surface area contributed by atoms with Crippen LogP contribution in [0, 0.1) is 6.92 Å². The molecule has 29 heavy (non-hydrogen) atoms. The van der Waals surface area contributed by atoms with Gasteiger partial charge in [0.1, 0.15) is 18.1 Å². The highest BCUT2D eigenvalue weighted by molar-refractivity contribution is 5.94. The van der Waals surface area contributed by atoms with Gasteiger partial charge in [-0.2, -0.15) is 5.10 Å². The maximum atomic E-state index is 12.2. The molecule has 1 amide bonds. The summed E-state index contributed by atoms with van der Waals surface area (Å²) in [6.45, 7) is 5.05. The van der Waals surface area contributed by atoms with Gasteiger partial charge < -0.3 is 9.47 Å². The Kier molecular flexibility index (Phi) is 7.00. The Bertz CT molecular complexity index is 947. The third-order valence-corrected chi connectivity index (χ3v) is 4.21. The van der Waals surface area contributed by atoms with E-state index >= 15 is 0 Å². The molecule has 0 saturated heterocycles. The van der Waals surface area contributed by atoms with Crippen molar-refractivity contribution in [3.05, 3.63) is 95.1 Å². The lowest BCUT2D eigenvalue weighted by Crippen LogP contribution is -2.17.